The quantitative estimate of drug-likeness (QED) is 0.254. The van der Waals surface area contributed by atoms with Gasteiger partial charge in [-0.1, -0.05) is 78.5 Å². The molecular formula is C31H23NS. The summed E-state index contributed by atoms with van der Waals surface area (Å²) in [6.07, 6.45) is 3.93. The summed E-state index contributed by atoms with van der Waals surface area (Å²) in [7, 11) is 0. The smallest absolute Gasteiger partial charge is 0.0353 e. The van der Waals surface area contributed by atoms with Crippen LogP contribution in [0.3, 0.4) is 0 Å². The first-order chi connectivity index (χ1) is 16.2. The Kier molecular flexibility index (Phi) is 4.89. The molecule has 0 radical (unpaired) electrons. The van der Waals surface area contributed by atoms with E-state index in [1.807, 2.05) is 24.2 Å². The van der Waals surface area contributed by atoms with Gasteiger partial charge in [-0.3, -0.25) is 4.98 Å². The van der Waals surface area contributed by atoms with Crippen LogP contribution in [0.4, 0.5) is 0 Å². The number of pyridine rings is 1. The number of hydrogen-bond acceptors (Lipinski definition) is 2. The first-order valence-electron chi connectivity index (χ1n) is 11.2. The Labute approximate surface area is 198 Å². The molecule has 0 amide bonds. The lowest BCUT2D eigenvalue weighted by atomic mass is 9.92. The SMILES string of the molecule is Cc1ccc(Sc2c3ccccc3c(-c3ccc4ccccc4c3)c3cnccc23)cc1C. The monoisotopic (exact) mass is 441 g/mol. The summed E-state index contributed by atoms with van der Waals surface area (Å²) < 4.78 is 0. The molecule has 6 aromatic rings. The third-order valence-electron chi connectivity index (χ3n) is 6.51. The highest BCUT2D eigenvalue weighted by molar-refractivity contribution is 7.99. The third kappa shape index (κ3) is 3.48. The molecule has 0 saturated heterocycles. The predicted molar refractivity (Wildman–Crippen MR) is 142 cm³/mol. The molecule has 0 aliphatic heterocycles. The van der Waals surface area contributed by atoms with E-state index in [9.17, 15) is 0 Å². The van der Waals surface area contributed by atoms with Crippen molar-refractivity contribution < 1.29 is 0 Å². The maximum absolute atomic E-state index is 4.53. The molecule has 0 N–H and O–H groups in total. The predicted octanol–water partition coefficient (Wildman–Crippen LogP) is 8.98. The second kappa shape index (κ2) is 8.06. The lowest BCUT2D eigenvalue weighted by molar-refractivity contribution is 1.28. The van der Waals surface area contributed by atoms with Gasteiger partial charge in [0.2, 0.25) is 0 Å². The average molecular weight is 442 g/mol. The Morgan fingerprint density at radius 3 is 2.21 bits per heavy atom. The van der Waals surface area contributed by atoms with Crippen LogP contribution in [0.2, 0.25) is 0 Å². The van der Waals surface area contributed by atoms with Gasteiger partial charge in [0.15, 0.2) is 0 Å². The summed E-state index contributed by atoms with van der Waals surface area (Å²) in [5, 5.41) is 7.50. The minimum absolute atomic E-state index is 1.19. The summed E-state index contributed by atoms with van der Waals surface area (Å²) in [5.41, 5.74) is 5.13. The lowest BCUT2D eigenvalue weighted by Gasteiger charge is -2.17. The molecule has 6 rings (SSSR count). The molecule has 5 aromatic carbocycles. The van der Waals surface area contributed by atoms with Crippen molar-refractivity contribution >= 4 is 44.1 Å². The highest BCUT2D eigenvalue weighted by atomic mass is 32.2. The van der Waals surface area contributed by atoms with E-state index in [4.69, 9.17) is 0 Å². The average Bonchev–Trinajstić information content (AvgIpc) is 2.86. The number of fused-ring (bicyclic) bond motifs is 3. The Morgan fingerprint density at radius 2 is 1.36 bits per heavy atom. The highest BCUT2D eigenvalue weighted by Crippen LogP contribution is 2.45. The van der Waals surface area contributed by atoms with Gasteiger partial charge in [-0.15, -0.1) is 0 Å². The van der Waals surface area contributed by atoms with Crippen molar-refractivity contribution in [2.75, 3.05) is 0 Å². The van der Waals surface area contributed by atoms with Crippen LogP contribution in [-0.4, -0.2) is 4.98 Å². The van der Waals surface area contributed by atoms with E-state index in [0.717, 1.165) is 0 Å². The van der Waals surface area contributed by atoms with Crippen molar-refractivity contribution in [2.24, 2.45) is 0 Å². The molecule has 1 aromatic heterocycles. The van der Waals surface area contributed by atoms with E-state index in [-0.39, 0.29) is 0 Å². The third-order valence-corrected chi connectivity index (χ3v) is 7.65. The van der Waals surface area contributed by atoms with Gasteiger partial charge in [-0.2, -0.15) is 0 Å². The van der Waals surface area contributed by atoms with Crippen LogP contribution < -0.4 is 0 Å². The first-order valence-corrected chi connectivity index (χ1v) is 12.0. The number of benzene rings is 5. The Balaban J connectivity index is 1.66. The Hall–Kier alpha value is -3.62. The highest BCUT2D eigenvalue weighted by Gasteiger charge is 2.16. The van der Waals surface area contributed by atoms with E-state index in [0.29, 0.717) is 0 Å². The summed E-state index contributed by atoms with van der Waals surface area (Å²) in [6.45, 7) is 4.35. The van der Waals surface area contributed by atoms with Crippen LogP contribution in [0.5, 0.6) is 0 Å². The summed E-state index contributed by atoms with van der Waals surface area (Å²) in [6, 6.07) is 33.0. The van der Waals surface area contributed by atoms with Crippen molar-refractivity contribution in [1.29, 1.82) is 0 Å². The second-order valence-electron chi connectivity index (χ2n) is 8.58. The minimum atomic E-state index is 1.19. The van der Waals surface area contributed by atoms with E-state index in [1.54, 1.807) is 0 Å². The maximum atomic E-state index is 4.53. The fourth-order valence-corrected chi connectivity index (χ4v) is 5.83. The molecule has 1 nitrogen and oxygen atoms in total. The fourth-order valence-electron chi connectivity index (χ4n) is 4.64. The van der Waals surface area contributed by atoms with Gasteiger partial charge < -0.3 is 0 Å². The summed E-state index contributed by atoms with van der Waals surface area (Å²) >= 11 is 1.85. The van der Waals surface area contributed by atoms with Gasteiger partial charge in [-0.05, 0) is 87.3 Å². The topological polar surface area (TPSA) is 12.9 Å². The number of aromatic nitrogens is 1. The molecule has 0 fully saturated rings. The molecule has 158 valence electrons. The number of rotatable bonds is 3. The van der Waals surface area contributed by atoms with Gasteiger partial charge in [0, 0.05) is 27.6 Å². The molecule has 0 aliphatic carbocycles. The van der Waals surface area contributed by atoms with Crippen molar-refractivity contribution in [2.45, 2.75) is 23.6 Å². The maximum Gasteiger partial charge on any atom is 0.0353 e. The zero-order valence-electron chi connectivity index (χ0n) is 18.7. The number of hydrogen-bond donors (Lipinski definition) is 0. The van der Waals surface area contributed by atoms with Crippen molar-refractivity contribution in [1.82, 2.24) is 4.98 Å². The standard InChI is InChI=1S/C31H23NS/c1-20-11-14-25(17-21(20)2)33-31-27-10-6-5-9-26(27)30(29-19-32-16-15-28(29)31)24-13-12-22-7-3-4-8-23(22)18-24/h3-19H,1-2H3. The van der Waals surface area contributed by atoms with Gasteiger partial charge >= 0.3 is 0 Å². The molecule has 0 bridgehead atoms. The van der Waals surface area contributed by atoms with Crippen LogP contribution in [-0.2, 0) is 0 Å². The minimum Gasteiger partial charge on any atom is -0.264 e. The van der Waals surface area contributed by atoms with Gasteiger partial charge in [0.1, 0.15) is 0 Å². The van der Waals surface area contributed by atoms with Crippen LogP contribution in [0, 0.1) is 13.8 Å². The van der Waals surface area contributed by atoms with E-state index in [2.05, 4.69) is 110 Å². The van der Waals surface area contributed by atoms with E-state index in [1.165, 1.54) is 64.4 Å². The zero-order chi connectivity index (χ0) is 22.4. The van der Waals surface area contributed by atoms with Crippen molar-refractivity contribution in [3.63, 3.8) is 0 Å². The first kappa shape index (κ1) is 20.0. The molecule has 0 aliphatic rings. The second-order valence-corrected chi connectivity index (χ2v) is 9.66. The van der Waals surface area contributed by atoms with Gasteiger partial charge in [0.05, 0.1) is 0 Å². The summed E-state index contributed by atoms with van der Waals surface area (Å²) in [5.74, 6) is 0. The van der Waals surface area contributed by atoms with E-state index >= 15 is 0 Å². The molecular weight excluding hydrogens is 418 g/mol. The van der Waals surface area contributed by atoms with Crippen LogP contribution in [0.25, 0.3) is 43.4 Å². The molecule has 0 saturated carbocycles. The zero-order valence-corrected chi connectivity index (χ0v) is 19.5. The fraction of sp³-hybridized carbons (Fsp3) is 0.0645. The number of nitrogens with zero attached hydrogens (tertiary/aromatic N) is 1. The van der Waals surface area contributed by atoms with Gasteiger partial charge in [0.25, 0.3) is 0 Å². The Morgan fingerprint density at radius 1 is 0.606 bits per heavy atom. The molecule has 0 atom stereocenters. The van der Waals surface area contributed by atoms with Gasteiger partial charge in [-0.25, -0.2) is 0 Å². The lowest BCUT2D eigenvalue weighted by Crippen LogP contribution is -1.91. The normalized spacial score (nSPS) is 11.5. The van der Waals surface area contributed by atoms with Crippen LogP contribution in [0.1, 0.15) is 11.1 Å². The van der Waals surface area contributed by atoms with Crippen LogP contribution >= 0.6 is 11.8 Å². The van der Waals surface area contributed by atoms with Crippen molar-refractivity contribution in [3.8, 4) is 11.1 Å². The largest absolute Gasteiger partial charge is 0.264 e. The molecule has 2 heteroatoms. The summed E-state index contributed by atoms with van der Waals surface area (Å²) in [4.78, 5) is 7.08. The Bertz CT molecular complexity index is 1610. The van der Waals surface area contributed by atoms with Crippen LogP contribution in [0.15, 0.2) is 113 Å². The molecule has 0 unspecified atom stereocenters. The van der Waals surface area contributed by atoms with Crippen molar-refractivity contribution in [3.05, 3.63) is 115 Å². The molecule has 0 spiro atoms. The number of aryl methyl sites for hydroxylation is 2. The van der Waals surface area contributed by atoms with E-state index < -0.39 is 0 Å². The molecule has 1 heterocycles. The molecule has 33 heavy (non-hydrogen) atoms.